The van der Waals surface area contributed by atoms with E-state index in [0.717, 1.165) is 28.8 Å². The van der Waals surface area contributed by atoms with Gasteiger partial charge in [0, 0.05) is 30.7 Å². The number of hydrogen-bond acceptors (Lipinski definition) is 7. The normalized spacial score (nSPS) is 11.8. The molecule has 0 amide bonds. The van der Waals surface area contributed by atoms with E-state index in [1.807, 2.05) is 42.5 Å². The summed E-state index contributed by atoms with van der Waals surface area (Å²) in [5.74, 6) is 0.832. The number of nitrogens with zero attached hydrogens (tertiary/aromatic N) is 4. The van der Waals surface area contributed by atoms with Crippen molar-refractivity contribution < 1.29 is 5.11 Å². The standard InChI is InChI=1S/C23H22N6O/c24-22(21-15-25-12-13-26-21)18-3-1-2-17(14-18)20-9-11-28-23(29-20)27-10-8-16-4-6-19(30)7-5-16/h1-7,9,11-15,22,30H,8,10,24H2,(H,27,28,29). The molecule has 2 aromatic carbocycles. The van der Waals surface area contributed by atoms with E-state index in [1.54, 1.807) is 36.9 Å². The Kier molecular flexibility index (Phi) is 5.91. The Hall–Kier alpha value is -3.84. The van der Waals surface area contributed by atoms with Crippen LogP contribution in [0.4, 0.5) is 5.95 Å². The highest BCUT2D eigenvalue weighted by Gasteiger charge is 2.12. The molecule has 7 nitrogen and oxygen atoms in total. The highest BCUT2D eigenvalue weighted by Crippen LogP contribution is 2.24. The zero-order valence-electron chi connectivity index (χ0n) is 16.3. The van der Waals surface area contributed by atoms with Crippen LogP contribution in [0.3, 0.4) is 0 Å². The largest absolute Gasteiger partial charge is 0.508 e. The number of aromatic nitrogens is 4. The first-order valence-corrected chi connectivity index (χ1v) is 9.66. The topological polar surface area (TPSA) is 110 Å². The number of hydrogen-bond donors (Lipinski definition) is 3. The van der Waals surface area contributed by atoms with Gasteiger partial charge in [-0.2, -0.15) is 0 Å². The van der Waals surface area contributed by atoms with Crippen LogP contribution in [0.25, 0.3) is 11.3 Å². The van der Waals surface area contributed by atoms with Gasteiger partial charge in [0.25, 0.3) is 0 Å². The molecule has 150 valence electrons. The van der Waals surface area contributed by atoms with Crippen LogP contribution in [0.5, 0.6) is 5.75 Å². The molecule has 4 rings (SSSR count). The van der Waals surface area contributed by atoms with Gasteiger partial charge in [-0.1, -0.05) is 30.3 Å². The summed E-state index contributed by atoms with van der Waals surface area (Å²) < 4.78 is 0. The van der Waals surface area contributed by atoms with Gasteiger partial charge in [-0.25, -0.2) is 9.97 Å². The molecule has 7 heteroatoms. The highest BCUT2D eigenvalue weighted by atomic mass is 16.3. The number of phenolic OH excluding ortho intramolecular Hbond substituents is 1. The van der Waals surface area contributed by atoms with Crippen molar-refractivity contribution in [3.05, 3.63) is 96.2 Å². The van der Waals surface area contributed by atoms with Crippen molar-refractivity contribution in [2.45, 2.75) is 12.5 Å². The second kappa shape index (κ2) is 9.11. The Balaban J connectivity index is 1.46. The van der Waals surface area contributed by atoms with Gasteiger partial charge >= 0.3 is 0 Å². The van der Waals surface area contributed by atoms with E-state index in [-0.39, 0.29) is 11.8 Å². The molecule has 0 aliphatic heterocycles. The number of anilines is 1. The average molecular weight is 398 g/mol. The summed E-state index contributed by atoms with van der Waals surface area (Å²) in [6.07, 6.45) is 7.48. The van der Waals surface area contributed by atoms with Gasteiger partial charge < -0.3 is 16.2 Å². The SMILES string of the molecule is NC(c1cccc(-c2ccnc(NCCc3ccc(O)cc3)n2)c1)c1cnccn1. The van der Waals surface area contributed by atoms with E-state index in [0.29, 0.717) is 18.2 Å². The molecule has 0 saturated carbocycles. The van der Waals surface area contributed by atoms with Gasteiger partial charge in [0.1, 0.15) is 5.75 Å². The van der Waals surface area contributed by atoms with Crippen molar-refractivity contribution in [2.24, 2.45) is 5.73 Å². The minimum Gasteiger partial charge on any atom is -0.508 e. The Labute approximate surface area is 174 Å². The summed E-state index contributed by atoms with van der Waals surface area (Å²) in [6, 6.07) is 16.6. The van der Waals surface area contributed by atoms with Crippen LogP contribution >= 0.6 is 0 Å². The van der Waals surface area contributed by atoms with Gasteiger partial charge in [-0.3, -0.25) is 9.97 Å². The molecule has 0 aliphatic carbocycles. The summed E-state index contributed by atoms with van der Waals surface area (Å²) in [7, 11) is 0. The van der Waals surface area contributed by atoms with E-state index in [4.69, 9.17) is 5.73 Å². The second-order valence-electron chi connectivity index (χ2n) is 6.84. The Morgan fingerprint density at radius 1 is 0.967 bits per heavy atom. The number of benzene rings is 2. The Morgan fingerprint density at radius 3 is 2.63 bits per heavy atom. The third-order valence-corrected chi connectivity index (χ3v) is 4.73. The quantitative estimate of drug-likeness (QED) is 0.438. The minimum absolute atomic E-state index is 0.268. The number of aromatic hydroxyl groups is 1. The van der Waals surface area contributed by atoms with Crippen molar-refractivity contribution in [2.75, 3.05) is 11.9 Å². The molecule has 0 spiro atoms. The van der Waals surface area contributed by atoms with E-state index in [9.17, 15) is 5.11 Å². The maximum atomic E-state index is 9.37. The summed E-state index contributed by atoms with van der Waals surface area (Å²) in [4.78, 5) is 17.3. The zero-order chi connectivity index (χ0) is 20.8. The fourth-order valence-corrected chi connectivity index (χ4v) is 3.12. The van der Waals surface area contributed by atoms with Gasteiger partial charge in [-0.05, 0) is 41.8 Å². The number of rotatable bonds is 7. The minimum atomic E-state index is -0.358. The molecule has 0 bridgehead atoms. The first kappa shape index (κ1) is 19.5. The predicted octanol–water partition coefficient (Wildman–Crippen LogP) is 3.34. The molecule has 0 fully saturated rings. The molecule has 2 heterocycles. The molecular formula is C23H22N6O. The molecule has 0 saturated heterocycles. The van der Waals surface area contributed by atoms with Crippen molar-refractivity contribution in [1.29, 1.82) is 0 Å². The smallest absolute Gasteiger partial charge is 0.223 e. The summed E-state index contributed by atoms with van der Waals surface area (Å²) >= 11 is 0. The van der Waals surface area contributed by atoms with Crippen LogP contribution < -0.4 is 11.1 Å². The third-order valence-electron chi connectivity index (χ3n) is 4.73. The van der Waals surface area contributed by atoms with Crippen LogP contribution in [0.15, 0.2) is 79.4 Å². The third kappa shape index (κ3) is 4.76. The zero-order valence-corrected chi connectivity index (χ0v) is 16.3. The average Bonchev–Trinajstić information content (AvgIpc) is 2.81. The molecular weight excluding hydrogens is 376 g/mol. The lowest BCUT2D eigenvalue weighted by atomic mass is 10.0. The van der Waals surface area contributed by atoms with Crippen molar-refractivity contribution >= 4 is 5.95 Å². The number of nitrogens with one attached hydrogen (secondary N) is 1. The van der Waals surface area contributed by atoms with Crippen molar-refractivity contribution in [3.63, 3.8) is 0 Å². The lowest BCUT2D eigenvalue weighted by Gasteiger charge is -2.12. The summed E-state index contributed by atoms with van der Waals surface area (Å²) in [5.41, 5.74) is 10.9. The van der Waals surface area contributed by atoms with Gasteiger partial charge in [0.05, 0.1) is 23.6 Å². The van der Waals surface area contributed by atoms with E-state index < -0.39 is 0 Å². The predicted molar refractivity (Wildman–Crippen MR) is 116 cm³/mol. The fraction of sp³-hybridized carbons (Fsp3) is 0.130. The first-order chi connectivity index (χ1) is 14.7. The van der Waals surface area contributed by atoms with E-state index in [2.05, 4.69) is 25.3 Å². The molecule has 0 radical (unpaired) electrons. The molecule has 4 aromatic rings. The summed E-state index contributed by atoms with van der Waals surface area (Å²) in [6.45, 7) is 0.686. The van der Waals surface area contributed by atoms with Crippen LogP contribution in [-0.2, 0) is 6.42 Å². The molecule has 1 unspecified atom stereocenters. The van der Waals surface area contributed by atoms with Crippen LogP contribution in [-0.4, -0.2) is 31.6 Å². The molecule has 0 aliphatic rings. The number of phenols is 1. The van der Waals surface area contributed by atoms with Crippen molar-refractivity contribution in [3.8, 4) is 17.0 Å². The van der Waals surface area contributed by atoms with Crippen LogP contribution in [0.2, 0.25) is 0 Å². The van der Waals surface area contributed by atoms with Gasteiger partial charge in [0.15, 0.2) is 0 Å². The van der Waals surface area contributed by atoms with Crippen LogP contribution in [0, 0.1) is 0 Å². The molecule has 4 N–H and O–H groups in total. The molecule has 2 aromatic heterocycles. The van der Waals surface area contributed by atoms with Gasteiger partial charge in [-0.15, -0.1) is 0 Å². The van der Waals surface area contributed by atoms with Crippen LogP contribution in [0.1, 0.15) is 22.9 Å². The molecule has 30 heavy (non-hydrogen) atoms. The monoisotopic (exact) mass is 398 g/mol. The van der Waals surface area contributed by atoms with Gasteiger partial charge in [0.2, 0.25) is 5.95 Å². The lowest BCUT2D eigenvalue weighted by molar-refractivity contribution is 0.475. The Morgan fingerprint density at radius 2 is 1.83 bits per heavy atom. The first-order valence-electron chi connectivity index (χ1n) is 9.66. The maximum Gasteiger partial charge on any atom is 0.223 e. The lowest BCUT2D eigenvalue weighted by Crippen LogP contribution is -2.13. The second-order valence-corrected chi connectivity index (χ2v) is 6.84. The summed E-state index contributed by atoms with van der Waals surface area (Å²) in [5, 5.41) is 12.6. The Bertz CT molecular complexity index is 1100. The van der Waals surface area contributed by atoms with Crippen molar-refractivity contribution in [1.82, 2.24) is 19.9 Å². The highest BCUT2D eigenvalue weighted by molar-refractivity contribution is 5.61. The van der Waals surface area contributed by atoms with E-state index >= 15 is 0 Å². The maximum absolute atomic E-state index is 9.37. The fourth-order valence-electron chi connectivity index (χ4n) is 3.12. The molecule has 1 atom stereocenters. The van der Waals surface area contributed by atoms with E-state index in [1.165, 1.54) is 0 Å². The number of nitrogens with two attached hydrogens (primary N) is 1.